The summed E-state index contributed by atoms with van der Waals surface area (Å²) in [6.45, 7) is 0.608. The molecule has 0 aromatic carbocycles. The molecule has 0 atom stereocenters. The van der Waals surface area contributed by atoms with E-state index in [0.29, 0.717) is 6.54 Å². The molecule has 0 unspecified atom stereocenters. The van der Waals surface area contributed by atoms with Gasteiger partial charge < -0.3 is 5.32 Å². The van der Waals surface area contributed by atoms with Gasteiger partial charge in [0.1, 0.15) is 5.88 Å². The fourth-order valence-corrected chi connectivity index (χ4v) is 1.09. The molecule has 0 aliphatic carbocycles. The number of alkyl halides is 1. The number of carbonyl (C=O) groups is 1. The number of nitrogens with one attached hydrogen (secondary N) is 1. The van der Waals surface area contributed by atoms with Gasteiger partial charge in [0.25, 0.3) is 0 Å². The minimum Gasteiger partial charge on any atom is -0.355 e. The van der Waals surface area contributed by atoms with Crippen LogP contribution in [0, 0.1) is 0 Å². The summed E-state index contributed by atoms with van der Waals surface area (Å²) in [6.07, 6.45) is 4.50. The van der Waals surface area contributed by atoms with E-state index in [1.54, 1.807) is 10.9 Å². The normalized spacial score (nSPS) is 10.0. The van der Waals surface area contributed by atoms with Crippen molar-refractivity contribution in [1.29, 1.82) is 0 Å². The van der Waals surface area contributed by atoms with E-state index in [-0.39, 0.29) is 11.8 Å². The van der Waals surface area contributed by atoms with E-state index in [2.05, 4.69) is 10.4 Å². The van der Waals surface area contributed by atoms with Crippen molar-refractivity contribution in [3.8, 4) is 0 Å². The van der Waals surface area contributed by atoms with E-state index in [9.17, 15) is 4.79 Å². The zero-order valence-corrected chi connectivity index (χ0v) is 8.21. The van der Waals surface area contributed by atoms with Crippen LogP contribution in [0.1, 0.15) is 5.56 Å². The van der Waals surface area contributed by atoms with E-state index in [4.69, 9.17) is 11.6 Å². The van der Waals surface area contributed by atoms with E-state index in [0.717, 1.165) is 12.0 Å². The molecule has 1 aromatic rings. The lowest BCUT2D eigenvalue weighted by molar-refractivity contribution is -0.118. The van der Waals surface area contributed by atoms with Crippen LogP contribution in [0.4, 0.5) is 0 Å². The lowest BCUT2D eigenvalue weighted by atomic mass is 10.2. The Morgan fingerprint density at radius 1 is 1.77 bits per heavy atom. The molecule has 0 aliphatic heterocycles. The molecule has 0 aliphatic rings. The first-order valence-electron chi connectivity index (χ1n) is 4.02. The Hall–Kier alpha value is -1.03. The van der Waals surface area contributed by atoms with E-state index in [1.165, 1.54) is 0 Å². The maximum Gasteiger partial charge on any atom is 0.234 e. The van der Waals surface area contributed by atoms with Crippen molar-refractivity contribution in [2.75, 3.05) is 12.4 Å². The van der Waals surface area contributed by atoms with Crippen LogP contribution < -0.4 is 5.32 Å². The predicted molar refractivity (Wildman–Crippen MR) is 50.6 cm³/mol. The number of amides is 1. The molecule has 13 heavy (non-hydrogen) atoms. The molecule has 1 heterocycles. The van der Waals surface area contributed by atoms with Crippen molar-refractivity contribution in [3.05, 3.63) is 18.0 Å². The van der Waals surface area contributed by atoms with Crippen LogP contribution in [0.3, 0.4) is 0 Å². The van der Waals surface area contributed by atoms with Gasteiger partial charge in [-0.3, -0.25) is 9.48 Å². The summed E-state index contributed by atoms with van der Waals surface area (Å²) in [6, 6.07) is 0. The Labute approximate surface area is 81.9 Å². The van der Waals surface area contributed by atoms with Gasteiger partial charge in [-0.25, -0.2) is 0 Å². The molecule has 1 rings (SSSR count). The summed E-state index contributed by atoms with van der Waals surface area (Å²) in [4.78, 5) is 10.7. The second kappa shape index (κ2) is 4.87. The molecular formula is C8H12ClN3O. The monoisotopic (exact) mass is 201 g/mol. The number of aryl methyl sites for hydroxylation is 1. The Balaban J connectivity index is 2.24. The topological polar surface area (TPSA) is 46.9 Å². The van der Waals surface area contributed by atoms with Crippen LogP contribution in [0.15, 0.2) is 12.4 Å². The molecule has 4 nitrogen and oxygen atoms in total. The lowest BCUT2D eigenvalue weighted by Crippen LogP contribution is -2.26. The standard InChI is InChI=1S/C8H12ClN3O/c1-12-6-7(5-11-12)2-3-10-8(13)4-9/h5-6H,2-4H2,1H3,(H,10,13). The summed E-state index contributed by atoms with van der Waals surface area (Å²) >= 11 is 5.31. The Bertz CT molecular complexity index is 285. The first-order valence-corrected chi connectivity index (χ1v) is 4.56. The third-order valence-corrected chi connectivity index (χ3v) is 1.86. The Morgan fingerprint density at radius 2 is 2.54 bits per heavy atom. The fraction of sp³-hybridized carbons (Fsp3) is 0.500. The lowest BCUT2D eigenvalue weighted by Gasteiger charge is -1.99. The zero-order valence-electron chi connectivity index (χ0n) is 7.46. The van der Waals surface area contributed by atoms with Gasteiger partial charge in [-0.1, -0.05) is 0 Å². The van der Waals surface area contributed by atoms with Gasteiger partial charge in [0.2, 0.25) is 5.91 Å². The molecule has 0 bridgehead atoms. The van der Waals surface area contributed by atoms with Crippen LogP contribution in [0.5, 0.6) is 0 Å². The van der Waals surface area contributed by atoms with E-state index >= 15 is 0 Å². The van der Waals surface area contributed by atoms with Crippen molar-refractivity contribution >= 4 is 17.5 Å². The summed E-state index contributed by atoms with van der Waals surface area (Å²) in [7, 11) is 1.86. The van der Waals surface area contributed by atoms with Gasteiger partial charge in [0.15, 0.2) is 0 Å². The molecule has 1 amide bonds. The first-order chi connectivity index (χ1) is 6.22. The Kier molecular flexibility index (Phi) is 3.76. The minimum absolute atomic E-state index is 0.0209. The first kappa shape index (κ1) is 10.1. The minimum atomic E-state index is -0.134. The third kappa shape index (κ3) is 3.46. The van der Waals surface area contributed by atoms with Gasteiger partial charge in [-0.05, 0) is 12.0 Å². The van der Waals surface area contributed by atoms with Gasteiger partial charge in [-0.15, -0.1) is 11.6 Å². The summed E-state index contributed by atoms with van der Waals surface area (Å²) < 4.78 is 1.73. The number of nitrogens with zero attached hydrogens (tertiary/aromatic N) is 2. The highest BCUT2D eigenvalue weighted by Gasteiger charge is 1.98. The quantitative estimate of drug-likeness (QED) is 0.714. The van der Waals surface area contributed by atoms with Crippen LogP contribution >= 0.6 is 11.6 Å². The second-order valence-corrected chi connectivity index (χ2v) is 3.02. The van der Waals surface area contributed by atoms with E-state index in [1.807, 2.05) is 13.2 Å². The summed E-state index contributed by atoms with van der Waals surface area (Å²) in [5.41, 5.74) is 1.11. The van der Waals surface area contributed by atoms with Gasteiger partial charge >= 0.3 is 0 Å². The second-order valence-electron chi connectivity index (χ2n) is 2.76. The molecule has 5 heteroatoms. The number of hydrogen-bond acceptors (Lipinski definition) is 2. The van der Waals surface area contributed by atoms with Crippen LogP contribution in [-0.4, -0.2) is 28.1 Å². The van der Waals surface area contributed by atoms with Crippen LogP contribution in [-0.2, 0) is 18.3 Å². The number of aromatic nitrogens is 2. The summed E-state index contributed by atoms with van der Waals surface area (Å²) in [5.74, 6) is -0.113. The highest BCUT2D eigenvalue weighted by atomic mass is 35.5. The number of carbonyl (C=O) groups excluding carboxylic acids is 1. The number of hydrogen-bond donors (Lipinski definition) is 1. The average molecular weight is 202 g/mol. The SMILES string of the molecule is Cn1cc(CCNC(=O)CCl)cn1. The smallest absolute Gasteiger partial charge is 0.234 e. The fourth-order valence-electron chi connectivity index (χ4n) is 0.994. The van der Waals surface area contributed by atoms with Gasteiger partial charge in [0, 0.05) is 19.8 Å². The van der Waals surface area contributed by atoms with Crippen LogP contribution in [0.25, 0.3) is 0 Å². The molecule has 0 fully saturated rings. The van der Waals surface area contributed by atoms with Gasteiger partial charge in [-0.2, -0.15) is 5.10 Å². The van der Waals surface area contributed by atoms with Crippen molar-refractivity contribution in [3.63, 3.8) is 0 Å². The molecule has 1 aromatic heterocycles. The molecule has 0 spiro atoms. The zero-order chi connectivity index (χ0) is 9.68. The Morgan fingerprint density at radius 3 is 3.08 bits per heavy atom. The maximum absolute atomic E-state index is 10.7. The molecule has 72 valence electrons. The van der Waals surface area contributed by atoms with Gasteiger partial charge in [0.05, 0.1) is 6.20 Å². The third-order valence-electron chi connectivity index (χ3n) is 1.62. The van der Waals surface area contributed by atoms with E-state index < -0.39 is 0 Å². The number of rotatable bonds is 4. The van der Waals surface area contributed by atoms with Crippen molar-refractivity contribution in [2.24, 2.45) is 7.05 Å². The maximum atomic E-state index is 10.7. The van der Waals surface area contributed by atoms with Crippen LogP contribution in [0.2, 0.25) is 0 Å². The largest absolute Gasteiger partial charge is 0.355 e. The highest BCUT2D eigenvalue weighted by Crippen LogP contribution is 1.95. The average Bonchev–Trinajstić information content (AvgIpc) is 2.51. The number of halogens is 1. The molecule has 0 saturated heterocycles. The molecule has 0 radical (unpaired) electrons. The molecule has 0 saturated carbocycles. The molecule has 1 N–H and O–H groups in total. The van der Waals surface area contributed by atoms with Crippen molar-refractivity contribution < 1.29 is 4.79 Å². The summed E-state index contributed by atoms with van der Waals surface area (Å²) in [5, 5.41) is 6.69. The predicted octanol–water partition coefficient (Wildman–Crippen LogP) is 0.318. The molecular weight excluding hydrogens is 190 g/mol. The van der Waals surface area contributed by atoms with Crippen molar-refractivity contribution in [2.45, 2.75) is 6.42 Å². The van der Waals surface area contributed by atoms with Crippen molar-refractivity contribution in [1.82, 2.24) is 15.1 Å². The highest BCUT2D eigenvalue weighted by molar-refractivity contribution is 6.27.